The van der Waals surface area contributed by atoms with Crippen LogP contribution in [0.4, 0.5) is 0 Å². The molecule has 23 heavy (non-hydrogen) atoms. The van der Waals surface area contributed by atoms with Crippen molar-refractivity contribution in [3.63, 3.8) is 0 Å². The SMILES string of the molecule is CCOc1ccc(-n2nc(C(=O)O)c(=O)cc2C)cc1OCC. The van der Waals surface area contributed by atoms with E-state index in [1.807, 2.05) is 13.8 Å². The van der Waals surface area contributed by atoms with Gasteiger partial charge in [-0.25, -0.2) is 9.48 Å². The van der Waals surface area contributed by atoms with Gasteiger partial charge in [0.25, 0.3) is 0 Å². The van der Waals surface area contributed by atoms with Crippen LogP contribution in [0.25, 0.3) is 5.69 Å². The van der Waals surface area contributed by atoms with Gasteiger partial charge in [-0.1, -0.05) is 0 Å². The van der Waals surface area contributed by atoms with Crippen molar-refractivity contribution >= 4 is 5.97 Å². The van der Waals surface area contributed by atoms with E-state index in [-0.39, 0.29) is 0 Å². The van der Waals surface area contributed by atoms with Crippen LogP contribution in [-0.4, -0.2) is 34.1 Å². The van der Waals surface area contributed by atoms with Crippen molar-refractivity contribution < 1.29 is 19.4 Å². The smallest absolute Gasteiger partial charge is 0.360 e. The molecule has 7 heteroatoms. The third kappa shape index (κ3) is 3.50. The molecule has 0 spiro atoms. The number of nitrogens with zero attached hydrogens (tertiary/aromatic N) is 2. The molecule has 0 radical (unpaired) electrons. The van der Waals surface area contributed by atoms with Gasteiger partial charge in [-0.3, -0.25) is 4.79 Å². The number of carboxylic acid groups (broad SMARTS) is 1. The van der Waals surface area contributed by atoms with Crippen LogP contribution in [0.1, 0.15) is 30.0 Å². The molecule has 0 aliphatic carbocycles. The van der Waals surface area contributed by atoms with Gasteiger partial charge in [0.2, 0.25) is 11.1 Å². The zero-order valence-corrected chi connectivity index (χ0v) is 13.2. The Labute approximate surface area is 133 Å². The van der Waals surface area contributed by atoms with E-state index in [0.29, 0.717) is 36.1 Å². The Kier molecular flexibility index (Phi) is 5.00. The number of hydrogen-bond acceptors (Lipinski definition) is 5. The molecule has 2 aromatic rings. The quantitative estimate of drug-likeness (QED) is 0.876. The van der Waals surface area contributed by atoms with Crippen LogP contribution in [0.15, 0.2) is 29.1 Å². The minimum Gasteiger partial charge on any atom is -0.490 e. The molecular formula is C16H18N2O5. The van der Waals surface area contributed by atoms with Crippen LogP contribution in [0.2, 0.25) is 0 Å². The molecule has 0 saturated carbocycles. The van der Waals surface area contributed by atoms with Crippen LogP contribution in [-0.2, 0) is 0 Å². The minimum absolute atomic E-state index is 0.459. The number of rotatable bonds is 6. The third-order valence-corrected chi connectivity index (χ3v) is 3.08. The molecule has 0 aliphatic heterocycles. The standard InChI is InChI=1S/C16H18N2O5/c1-4-22-13-7-6-11(9-14(13)23-5-2)18-10(3)8-12(19)15(17-18)16(20)21/h6-9H,4-5H2,1-3H3,(H,20,21). The molecular weight excluding hydrogens is 300 g/mol. The molecule has 1 heterocycles. The van der Waals surface area contributed by atoms with Crippen LogP contribution < -0.4 is 14.9 Å². The van der Waals surface area contributed by atoms with Crippen molar-refractivity contribution in [2.45, 2.75) is 20.8 Å². The summed E-state index contributed by atoms with van der Waals surface area (Å²) in [5.74, 6) is -0.237. The lowest BCUT2D eigenvalue weighted by Gasteiger charge is -2.14. The van der Waals surface area contributed by atoms with Crippen molar-refractivity contribution in [2.24, 2.45) is 0 Å². The van der Waals surface area contributed by atoms with Gasteiger partial charge in [0.05, 0.1) is 18.9 Å². The first kappa shape index (κ1) is 16.5. The lowest BCUT2D eigenvalue weighted by molar-refractivity contribution is 0.0686. The van der Waals surface area contributed by atoms with Crippen molar-refractivity contribution in [3.8, 4) is 17.2 Å². The molecule has 2 rings (SSSR count). The highest BCUT2D eigenvalue weighted by molar-refractivity contribution is 5.84. The predicted octanol–water partition coefficient (Wildman–Crippen LogP) is 2.04. The molecule has 1 aromatic carbocycles. The third-order valence-electron chi connectivity index (χ3n) is 3.08. The number of aromatic nitrogens is 2. The largest absolute Gasteiger partial charge is 0.490 e. The summed E-state index contributed by atoms with van der Waals surface area (Å²) in [6.45, 7) is 6.36. The maximum atomic E-state index is 11.7. The second-order valence-corrected chi connectivity index (χ2v) is 4.71. The first-order chi connectivity index (χ1) is 11.0. The van der Waals surface area contributed by atoms with Crippen LogP contribution >= 0.6 is 0 Å². The van der Waals surface area contributed by atoms with Gasteiger partial charge in [0, 0.05) is 17.8 Å². The van der Waals surface area contributed by atoms with Gasteiger partial charge in [0.15, 0.2) is 11.5 Å². The summed E-state index contributed by atoms with van der Waals surface area (Å²) in [6.07, 6.45) is 0. The highest BCUT2D eigenvalue weighted by Crippen LogP contribution is 2.30. The van der Waals surface area contributed by atoms with Gasteiger partial charge < -0.3 is 14.6 Å². The minimum atomic E-state index is -1.36. The summed E-state index contributed by atoms with van der Waals surface area (Å²) >= 11 is 0. The second kappa shape index (κ2) is 6.95. The zero-order chi connectivity index (χ0) is 17.0. The molecule has 0 unspecified atom stereocenters. The highest BCUT2D eigenvalue weighted by atomic mass is 16.5. The summed E-state index contributed by atoms with van der Waals surface area (Å²) < 4.78 is 12.4. The van der Waals surface area contributed by atoms with E-state index in [9.17, 15) is 9.59 Å². The molecule has 122 valence electrons. The molecule has 0 amide bonds. The maximum Gasteiger partial charge on any atom is 0.360 e. The summed E-state index contributed by atoms with van der Waals surface area (Å²) in [4.78, 5) is 22.8. The number of benzene rings is 1. The van der Waals surface area contributed by atoms with Crippen LogP contribution in [0, 0.1) is 6.92 Å². The Hall–Kier alpha value is -2.83. The summed E-state index contributed by atoms with van der Waals surface area (Å²) in [7, 11) is 0. The van der Waals surface area contributed by atoms with E-state index < -0.39 is 17.1 Å². The molecule has 1 N–H and O–H groups in total. The van der Waals surface area contributed by atoms with Crippen molar-refractivity contribution in [2.75, 3.05) is 13.2 Å². The molecule has 0 saturated heterocycles. The average molecular weight is 318 g/mol. The lowest BCUT2D eigenvalue weighted by atomic mass is 10.2. The van der Waals surface area contributed by atoms with E-state index in [2.05, 4.69) is 5.10 Å². The van der Waals surface area contributed by atoms with E-state index in [0.717, 1.165) is 0 Å². The number of aryl methyl sites for hydroxylation is 1. The first-order valence-electron chi connectivity index (χ1n) is 7.22. The molecule has 7 nitrogen and oxygen atoms in total. The number of hydrogen-bond donors (Lipinski definition) is 1. The van der Waals surface area contributed by atoms with Gasteiger partial charge in [-0.15, -0.1) is 0 Å². The van der Waals surface area contributed by atoms with Crippen LogP contribution in [0.3, 0.4) is 0 Å². The lowest BCUT2D eigenvalue weighted by Crippen LogP contribution is -2.22. The summed E-state index contributed by atoms with van der Waals surface area (Å²) in [5.41, 5.74) is -0.0480. The van der Waals surface area contributed by atoms with Crippen molar-refractivity contribution in [1.82, 2.24) is 9.78 Å². The van der Waals surface area contributed by atoms with Crippen molar-refractivity contribution in [1.29, 1.82) is 0 Å². The van der Waals surface area contributed by atoms with E-state index in [1.165, 1.54) is 10.7 Å². The first-order valence-corrected chi connectivity index (χ1v) is 7.22. The van der Waals surface area contributed by atoms with Crippen LogP contribution in [0.5, 0.6) is 11.5 Å². The molecule has 0 bridgehead atoms. The van der Waals surface area contributed by atoms with Crippen molar-refractivity contribution in [3.05, 3.63) is 45.9 Å². The second-order valence-electron chi connectivity index (χ2n) is 4.71. The topological polar surface area (TPSA) is 90.7 Å². The van der Waals surface area contributed by atoms with Gasteiger partial charge >= 0.3 is 5.97 Å². The molecule has 0 aliphatic rings. The molecule has 1 aromatic heterocycles. The fourth-order valence-corrected chi connectivity index (χ4v) is 2.13. The van der Waals surface area contributed by atoms with Gasteiger partial charge in [-0.05, 0) is 32.9 Å². The Morgan fingerprint density at radius 2 is 1.83 bits per heavy atom. The Morgan fingerprint density at radius 1 is 1.17 bits per heavy atom. The van der Waals surface area contributed by atoms with Gasteiger partial charge in [-0.2, -0.15) is 5.10 Å². The normalized spacial score (nSPS) is 10.4. The monoisotopic (exact) mass is 318 g/mol. The number of carbonyl (C=O) groups is 1. The number of aromatic carboxylic acids is 1. The molecule has 0 atom stereocenters. The highest BCUT2D eigenvalue weighted by Gasteiger charge is 2.15. The summed E-state index contributed by atoms with van der Waals surface area (Å²) in [6, 6.07) is 6.39. The Bertz CT molecular complexity index is 783. The van der Waals surface area contributed by atoms with E-state index >= 15 is 0 Å². The average Bonchev–Trinajstić information content (AvgIpc) is 2.49. The maximum absolute atomic E-state index is 11.7. The Balaban J connectivity index is 2.57. The summed E-state index contributed by atoms with van der Waals surface area (Å²) in [5, 5.41) is 13.0. The zero-order valence-electron chi connectivity index (χ0n) is 13.2. The number of carboxylic acids is 1. The molecule has 0 fully saturated rings. The van der Waals surface area contributed by atoms with Gasteiger partial charge in [0.1, 0.15) is 0 Å². The fraction of sp³-hybridized carbons (Fsp3) is 0.312. The number of ether oxygens (including phenoxy) is 2. The Morgan fingerprint density at radius 3 is 2.43 bits per heavy atom. The van der Waals surface area contributed by atoms with E-state index in [1.54, 1.807) is 25.1 Å². The van der Waals surface area contributed by atoms with E-state index in [4.69, 9.17) is 14.6 Å². The fourth-order valence-electron chi connectivity index (χ4n) is 2.13. The predicted molar refractivity (Wildman–Crippen MR) is 83.9 cm³/mol.